The maximum Gasteiger partial charge on any atom is 0.340 e. The maximum absolute atomic E-state index is 12.0. The van der Waals surface area contributed by atoms with E-state index in [9.17, 15) is 4.79 Å². The molecule has 5 nitrogen and oxygen atoms in total. The molecule has 2 N–H and O–H groups in total. The molecule has 1 saturated heterocycles. The van der Waals surface area contributed by atoms with Crippen LogP contribution in [0.25, 0.3) is 0 Å². The number of anilines is 2. The van der Waals surface area contributed by atoms with Crippen molar-refractivity contribution in [2.75, 3.05) is 36.9 Å². The molecule has 0 aromatic heterocycles. The van der Waals surface area contributed by atoms with E-state index in [1.807, 2.05) is 13.0 Å². The summed E-state index contributed by atoms with van der Waals surface area (Å²) in [5, 5.41) is 0. The second kappa shape index (κ2) is 5.93. The Hall–Kier alpha value is -1.75. The number of carbonyl (C=O) groups is 1. The Kier molecular flexibility index (Phi) is 4.27. The Morgan fingerprint density at radius 1 is 1.58 bits per heavy atom. The predicted molar refractivity (Wildman–Crippen MR) is 74.4 cm³/mol. The smallest absolute Gasteiger partial charge is 0.340 e. The van der Waals surface area contributed by atoms with E-state index in [1.165, 1.54) is 0 Å². The zero-order valence-electron chi connectivity index (χ0n) is 11.4. The molecule has 1 aromatic rings. The van der Waals surface area contributed by atoms with Crippen LogP contribution in [0.4, 0.5) is 11.4 Å². The van der Waals surface area contributed by atoms with Gasteiger partial charge < -0.3 is 20.1 Å². The zero-order valence-corrected chi connectivity index (χ0v) is 11.4. The highest BCUT2D eigenvalue weighted by Crippen LogP contribution is 2.25. The van der Waals surface area contributed by atoms with Gasteiger partial charge in [-0.1, -0.05) is 0 Å². The minimum absolute atomic E-state index is 0.154. The number of morpholine rings is 1. The van der Waals surface area contributed by atoms with Gasteiger partial charge in [-0.3, -0.25) is 0 Å². The first-order valence-electron chi connectivity index (χ1n) is 6.55. The van der Waals surface area contributed by atoms with Gasteiger partial charge in [0.2, 0.25) is 0 Å². The molecule has 2 rings (SSSR count). The fourth-order valence-corrected chi connectivity index (χ4v) is 2.24. The first-order valence-corrected chi connectivity index (χ1v) is 6.55. The van der Waals surface area contributed by atoms with Crippen LogP contribution in [0, 0.1) is 0 Å². The van der Waals surface area contributed by atoms with Gasteiger partial charge in [0.25, 0.3) is 0 Å². The van der Waals surface area contributed by atoms with E-state index in [-0.39, 0.29) is 12.1 Å². The van der Waals surface area contributed by atoms with E-state index in [0.717, 1.165) is 18.8 Å². The quantitative estimate of drug-likeness (QED) is 0.664. The Balaban J connectivity index is 2.30. The van der Waals surface area contributed by atoms with Crippen LogP contribution in [0.2, 0.25) is 0 Å². The number of esters is 1. The summed E-state index contributed by atoms with van der Waals surface area (Å²) in [6, 6.07) is 5.35. The summed E-state index contributed by atoms with van der Waals surface area (Å²) in [7, 11) is 0. The van der Waals surface area contributed by atoms with Crippen molar-refractivity contribution in [3.05, 3.63) is 23.8 Å². The molecule has 0 spiro atoms. The lowest BCUT2D eigenvalue weighted by Gasteiger charge is -2.33. The van der Waals surface area contributed by atoms with Crippen LogP contribution < -0.4 is 10.6 Å². The average molecular weight is 264 g/mol. The number of hydrogen-bond acceptors (Lipinski definition) is 5. The molecule has 1 fully saturated rings. The Labute approximate surface area is 113 Å². The summed E-state index contributed by atoms with van der Waals surface area (Å²) in [6.45, 7) is 6.35. The van der Waals surface area contributed by atoms with Crippen LogP contribution >= 0.6 is 0 Å². The molecule has 1 aliphatic rings. The third-order valence-electron chi connectivity index (χ3n) is 3.10. The van der Waals surface area contributed by atoms with E-state index < -0.39 is 0 Å². The molecular formula is C14H20N2O3. The lowest BCUT2D eigenvalue weighted by atomic mass is 10.1. The molecule has 1 atom stereocenters. The van der Waals surface area contributed by atoms with E-state index >= 15 is 0 Å². The third kappa shape index (κ3) is 3.17. The van der Waals surface area contributed by atoms with Gasteiger partial charge in [0.05, 0.1) is 30.6 Å². The van der Waals surface area contributed by atoms with Crippen LogP contribution in [0.5, 0.6) is 0 Å². The summed E-state index contributed by atoms with van der Waals surface area (Å²) in [5.41, 5.74) is 7.72. The van der Waals surface area contributed by atoms with Gasteiger partial charge in [0.15, 0.2) is 0 Å². The van der Waals surface area contributed by atoms with Gasteiger partial charge in [0, 0.05) is 18.8 Å². The molecule has 0 amide bonds. The number of nitrogens with two attached hydrogens (primary N) is 1. The van der Waals surface area contributed by atoms with Crippen LogP contribution in [0.15, 0.2) is 18.2 Å². The number of ether oxygens (including phenoxy) is 2. The molecule has 19 heavy (non-hydrogen) atoms. The van der Waals surface area contributed by atoms with E-state index in [4.69, 9.17) is 15.2 Å². The van der Waals surface area contributed by atoms with Crippen molar-refractivity contribution in [3.63, 3.8) is 0 Å². The molecule has 5 heteroatoms. The second-order valence-corrected chi connectivity index (χ2v) is 4.62. The Morgan fingerprint density at radius 3 is 3.05 bits per heavy atom. The fraction of sp³-hybridized carbons (Fsp3) is 0.500. The van der Waals surface area contributed by atoms with Gasteiger partial charge in [-0.15, -0.1) is 0 Å². The average Bonchev–Trinajstić information content (AvgIpc) is 2.39. The van der Waals surface area contributed by atoms with Crippen molar-refractivity contribution < 1.29 is 14.3 Å². The van der Waals surface area contributed by atoms with E-state index in [2.05, 4.69) is 4.90 Å². The van der Waals surface area contributed by atoms with E-state index in [1.54, 1.807) is 19.1 Å². The lowest BCUT2D eigenvalue weighted by Crippen LogP contribution is -2.41. The first-order chi connectivity index (χ1) is 9.11. The van der Waals surface area contributed by atoms with Crippen molar-refractivity contribution in [1.29, 1.82) is 0 Å². The number of hydrogen-bond donors (Lipinski definition) is 1. The molecule has 1 unspecified atom stereocenters. The summed E-state index contributed by atoms with van der Waals surface area (Å²) >= 11 is 0. The van der Waals surface area contributed by atoms with Crippen molar-refractivity contribution in [1.82, 2.24) is 0 Å². The van der Waals surface area contributed by atoms with Crippen LogP contribution in [0.3, 0.4) is 0 Å². The summed E-state index contributed by atoms with van der Waals surface area (Å²) < 4.78 is 10.6. The van der Waals surface area contributed by atoms with Crippen LogP contribution in [-0.2, 0) is 9.47 Å². The molecule has 104 valence electrons. The van der Waals surface area contributed by atoms with Gasteiger partial charge in [-0.25, -0.2) is 4.79 Å². The van der Waals surface area contributed by atoms with Crippen molar-refractivity contribution >= 4 is 17.3 Å². The Bertz CT molecular complexity index is 462. The highest BCUT2D eigenvalue weighted by Gasteiger charge is 2.22. The third-order valence-corrected chi connectivity index (χ3v) is 3.10. The molecular weight excluding hydrogens is 244 g/mol. The first kappa shape index (κ1) is 13.7. The molecule has 1 aromatic carbocycles. The normalized spacial score (nSPS) is 19.3. The van der Waals surface area contributed by atoms with Crippen molar-refractivity contribution in [2.45, 2.75) is 20.0 Å². The number of benzene rings is 1. The highest BCUT2D eigenvalue weighted by atomic mass is 16.5. The zero-order chi connectivity index (χ0) is 13.8. The van der Waals surface area contributed by atoms with Gasteiger partial charge in [0.1, 0.15) is 0 Å². The largest absolute Gasteiger partial charge is 0.462 e. The van der Waals surface area contributed by atoms with Gasteiger partial charge >= 0.3 is 5.97 Å². The van der Waals surface area contributed by atoms with Crippen molar-refractivity contribution in [2.24, 2.45) is 0 Å². The number of rotatable bonds is 3. The molecule has 1 aliphatic heterocycles. The SMILES string of the molecule is CCOC(=O)c1cc(N)ccc1N1CCOC(C)C1. The lowest BCUT2D eigenvalue weighted by molar-refractivity contribution is 0.0501. The van der Waals surface area contributed by atoms with Crippen LogP contribution in [0.1, 0.15) is 24.2 Å². The second-order valence-electron chi connectivity index (χ2n) is 4.62. The predicted octanol–water partition coefficient (Wildman–Crippen LogP) is 1.67. The number of nitrogens with zero attached hydrogens (tertiary/aromatic N) is 1. The number of carbonyl (C=O) groups excluding carboxylic acids is 1. The highest BCUT2D eigenvalue weighted by molar-refractivity contribution is 5.97. The molecule has 0 aliphatic carbocycles. The summed E-state index contributed by atoms with van der Waals surface area (Å²) in [6.07, 6.45) is 0.154. The van der Waals surface area contributed by atoms with Gasteiger partial charge in [-0.05, 0) is 32.0 Å². The topological polar surface area (TPSA) is 64.8 Å². The molecule has 0 bridgehead atoms. The summed E-state index contributed by atoms with van der Waals surface area (Å²) in [5.74, 6) is -0.330. The number of nitrogen functional groups attached to an aromatic ring is 1. The van der Waals surface area contributed by atoms with Crippen LogP contribution in [-0.4, -0.2) is 38.4 Å². The maximum atomic E-state index is 12.0. The fourth-order valence-electron chi connectivity index (χ4n) is 2.24. The van der Waals surface area contributed by atoms with Gasteiger partial charge in [-0.2, -0.15) is 0 Å². The molecule has 1 heterocycles. The molecule has 0 radical (unpaired) electrons. The standard InChI is InChI=1S/C14H20N2O3/c1-3-18-14(17)12-8-11(15)4-5-13(12)16-6-7-19-10(2)9-16/h4-5,8,10H,3,6-7,9,15H2,1-2H3. The van der Waals surface area contributed by atoms with Crippen molar-refractivity contribution in [3.8, 4) is 0 Å². The van der Waals surface area contributed by atoms with E-state index in [0.29, 0.717) is 24.5 Å². The minimum atomic E-state index is -0.330. The summed E-state index contributed by atoms with van der Waals surface area (Å²) in [4.78, 5) is 14.1. The monoisotopic (exact) mass is 264 g/mol. The Morgan fingerprint density at radius 2 is 2.37 bits per heavy atom. The minimum Gasteiger partial charge on any atom is -0.462 e. The molecule has 0 saturated carbocycles.